The summed E-state index contributed by atoms with van der Waals surface area (Å²) in [5.41, 5.74) is -4.27. The van der Waals surface area contributed by atoms with Crippen molar-refractivity contribution >= 4 is 22.9 Å². The summed E-state index contributed by atoms with van der Waals surface area (Å²) in [5.74, 6) is -3.61. The van der Waals surface area contributed by atoms with Gasteiger partial charge in [-0.1, -0.05) is 20.8 Å². The van der Waals surface area contributed by atoms with E-state index in [1.54, 1.807) is 20.8 Å². The lowest BCUT2D eigenvalue weighted by Gasteiger charge is -2.20. The van der Waals surface area contributed by atoms with E-state index < -0.39 is 63.8 Å². The van der Waals surface area contributed by atoms with Crippen LogP contribution in [0.2, 0.25) is 0 Å². The zero-order valence-corrected chi connectivity index (χ0v) is 16.1. The van der Waals surface area contributed by atoms with E-state index in [0.29, 0.717) is 10.6 Å². The normalized spacial score (nSPS) is 13.2. The van der Waals surface area contributed by atoms with E-state index in [0.717, 1.165) is 0 Å². The fourth-order valence-corrected chi connectivity index (χ4v) is 2.75. The second-order valence-electron chi connectivity index (χ2n) is 8.40. The SMILES string of the molecule is CC(C)(C)CC(=O)Nc1nc2c(F)cc(C(C)(C)O)c(F)c2n1CC(F)(F)F. The van der Waals surface area contributed by atoms with Crippen LogP contribution in [-0.4, -0.2) is 26.7 Å². The number of fused-ring (bicyclic) bond motifs is 1. The maximum Gasteiger partial charge on any atom is 0.406 e. The van der Waals surface area contributed by atoms with Gasteiger partial charge in [0.1, 0.15) is 17.6 Å². The van der Waals surface area contributed by atoms with E-state index in [2.05, 4.69) is 10.3 Å². The second-order valence-corrected chi connectivity index (χ2v) is 8.40. The molecule has 1 amide bonds. The van der Waals surface area contributed by atoms with E-state index in [9.17, 15) is 31.9 Å². The summed E-state index contributed by atoms with van der Waals surface area (Å²) >= 11 is 0. The molecule has 0 saturated heterocycles. The van der Waals surface area contributed by atoms with E-state index in [1.165, 1.54) is 13.8 Å². The molecule has 2 rings (SSSR count). The Labute approximate surface area is 158 Å². The third kappa shape index (κ3) is 4.98. The van der Waals surface area contributed by atoms with Crippen LogP contribution < -0.4 is 5.32 Å². The molecule has 0 saturated carbocycles. The van der Waals surface area contributed by atoms with Crippen LogP contribution in [0.25, 0.3) is 11.0 Å². The number of benzene rings is 1. The summed E-state index contributed by atoms with van der Waals surface area (Å²) in [6.45, 7) is 5.90. The first kappa shape index (κ1) is 22.1. The fraction of sp³-hybridized carbons (Fsp3) is 0.556. The molecule has 2 aromatic rings. The minimum Gasteiger partial charge on any atom is -0.386 e. The molecule has 5 nitrogen and oxygen atoms in total. The highest BCUT2D eigenvalue weighted by molar-refractivity contribution is 5.92. The molecule has 0 aliphatic carbocycles. The van der Waals surface area contributed by atoms with Crippen LogP contribution in [0.1, 0.15) is 46.6 Å². The summed E-state index contributed by atoms with van der Waals surface area (Å²) in [4.78, 5) is 15.8. The zero-order chi connectivity index (χ0) is 21.7. The lowest BCUT2D eigenvalue weighted by molar-refractivity contribution is -0.139. The van der Waals surface area contributed by atoms with Gasteiger partial charge >= 0.3 is 6.18 Å². The van der Waals surface area contributed by atoms with Gasteiger partial charge in [0.15, 0.2) is 11.6 Å². The van der Waals surface area contributed by atoms with Gasteiger partial charge < -0.3 is 5.11 Å². The lowest BCUT2D eigenvalue weighted by atomic mass is 9.92. The first-order valence-corrected chi connectivity index (χ1v) is 8.47. The molecule has 0 unspecified atom stereocenters. The maximum atomic E-state index is 14.9. The quantitative estimate of drug-likeness (QED) is 0.735. The van der Waals surface area contributed by atoms with Gasteiger partial charge in [-0.2, -0.15) is 13.2 Å². The van der Waals surface area contributed by atoms with Crippen LogP contribution in [0.4, 0.5) is 27.9 Å². The first-order chi connectivity index (χ1) is 12.5. The summed E-state index contributed by atoms with van der Waals surface area (Å²) in [6, 6.07) is 0.684. The van der Waals surface area contributed by atoms with E-state index in [1.807, 2.05) is 0 Å². The molecule has 0 fully saturated rings. The molecule has 28 heavy (non-hydrogen) atoms. The van der Waals surface area contributed by atoms with Crippen molar-refractivity contribution < 1.29 is 31.9 Å². The summed E-state index contributed by atoms with van der Waals surface area (Å²) in [7, 11) is 0. The Balaban J connectivity index is 2.70. The fourth-order valence-electron chi connectivity index (χ4n) is 2.75. The van der Waals surface area contributed by atoms with Crippen molar-refractivity contribution in [2.45, 2.75) is 59.4 Å². The number of amides is 1. The number of aliphatic hydroxyl groups is 1. The smallest absolute Gasteiger partial charge is 0.386 e. The van der Waals surface area contributed by atoms with Crippen molar-refractivity contribution in [1.82, 2.24) is 9.55 Å². The van der Waals surface area contributed by atoms with Gasteiger partial charge in [0.25, 0.3) is 0 Å². The standard InChI is InChI=1S/C18H22F5N3O2/c1-16(2,3)7-11(27)24-15-25-13-10(19)6-9(17(4,5)28)12(20)14(13)26(15)8-18(21,22)23/h6,28H,7-8H2,1-5H3,(H,24,25,27). The molecular formula is C18H22F5N3O2. The summed E-state index contributed by atoms with van der Waals surface area (Å²) < 4.78 is 69.0. The van der Waals surface area contributed by atoms with Crippen LogP contribution in [-0.2, 0) is 16.9 Å². The second kappa shape index (κ2) is 6.98. The summed E-state index contributed by atoms with van der Waals surface area (Å²) in [5, 5.41) is 12.2. The van der Waals surface area contributed by atoms with Crippen molar-refractivity contribution in [3.05, 3.63) is 23.3 Å². The number of imidazole rings is 1. The average Bonchev–Trinajstić information content (AvgIpc) is 2.77. The number of halogens is 5. The van der Waals surface area contributed by atoms with Crippen molar-refractivity contribution in [2.24, 2.45) is 5.41 Å². The van der Waals surface area contributed by atoms with Crippen LogP contribution >= 0.6 is 0 Å². The lowest BCUT2D eigenvalue weighted by Crippen LogP contribution is -2.25. The molecular weight excluding hydrogens is 385 g/mol. The number of aromatic nitrogens is 2. The van der Waals surface area contributed by atoms with Gasteiger partial charge in [0.05, 0.1) is 5.60 Å². The first-order valence-electron chi connectivity index (χ1n) is 8.47. The molecule has 0 spiro atoms. The monoisotopic (exact) mass is 407 g/mol. The number of rotatable bonds is 4. The summed E-state index contributed by atoms with van der Waals surface area (Å²) in [6.07, 6.45) is -4.83. The van der Waals surface area contributed by atoms with Gasteiger partial charge in [-0.3, -0.25) is 14.7 Å². The Morgan fingerprint density at radius 2 is 1.75 bits per heavy atom. The number of hydrogen-bond acceptors (Lipinski definition) is 3. The molecule has 0 bridgehead atoms. The molecule has 0 aliphatic rings. The molecule has 0 radical (unpaired) electrons. The number of hydrogen-bond donors (Lipinski definition) is 2. The van der Waals surface area contributed by atoms with Gasteiger partial charge in [0, 0.05) is 12.0 Å². The minimum absolute atomic E-state index is 0.0396. The Hall–Kier alpha value is -2.23. The number of alkyl halides is 3. The van der Waals surface area contributed by atoms with Crippen molar-refractivity contribution in [3.63, 3.8) is 0 Å². The number of carbonyl (C=O) groups is 1. The van der Waals surface area contributed by atoms with Gasteiger partial charge in [0.2, 0.25) is 11.9 Å². The van der Waals surface area contributed by atoms with Crippen molar-refractivity contribution in [1.29, 1.82) is 0 Å². The molecule has 10 heteroatoms. The topological polar surface area (TPSA) is 67.2 Å². The molecule has 0 atom stereocenters. The van der Waals surface area contributed by atoms with Gasteiger partial charge in [-0.25, -0.2) is 13.8 Å². The number of carbonyl (C=O) groups excluding carboxylic acids is 1. The number of nitrogens with zero attached hydrogens (tertiary/aromatic N) is 2. The molecule has 1 aromatic heterocycles. The molecule has 0 aliphatic heterocycles. The predicted octanol–water partition coefficient (Wildman–Crippen LogP) is 4.48. The van der Waals surface area contributed by atoms with Crippen LogP contribution in [0.15, 0.2) is 6.07 Å². The van der Waals surface area contributed by atoms with Gasteiger partial charge in [-0.15, -0.1) is 0 Å². The predicted molar refractivity (Wildman–Crippen MR) is 93.7 cm³/mol. The Kier molecular flexibility index (Phi) is 5.50. The van der Waals surface area contributed by atoms with Crippen molar-refractivity contribution in [2.75, 3.05) is 5.32 Å². The van der Waals surface area contributed by atoms with Crippen molar-refractivity contribution in [3.8, 4) is 0 Å². The maximum absolute atomic E-state index is 14.9. The number of anilines is 1. The molecule has 1 heterocycles. The highest BCUT2D eigenvalue weighted by Crippen LogP contribution is 2.34. The Bertz CT molecular complexity index is 905. The van der Waals surface area contributed by atoms with Crippen LogP contribution in [0.5, 0.6) is 0 Å². The van der Waals surface area contributed by atoms with E-state index in [4.69, 9.17) is 0 Å². The molecule has 2 N–H and O–H groups in total. The average molecular weight is 407 g/mol. The molecule has 156 valence electrons. The highest BCUT2D eigenvalue weighted by Gasteiger charge is 2.34. The van der Waals surface area contributed by atoms with Gasteiger partial charge in [-0.05, 0) is 25.3 Å². The third-order valence-corrected chi connectivity index (χ3v) is 3.85. The van der Waals surface area contributed by atoms with E-state index in [-0.39, 0.29) is 6.42 Å². The molecule has 1 aromatic carbocycles. The van der Waals surface area contributed by atoms with Crippen LogP contribution in [0.3, 0.4) is 0 Å². The Morgan fingerprint density at radius 3 is 2.21 bits per heavy atom. The minimum atomic E-state index is -4.79. The number of nitrogens with one attached hydrogen (secondary N) is 1. The van der Waals surface area contributed by atoms with E-state index >= 15 is 0 Å². The Morgan fingerprint density at radius 1 is 1.18 bits per heavy atom. The zero-order valence-electron chi connectivity index (χ0n) is 16.1. The highest BCUT2D eigenvalue weighted by atomic mass is 19.4. The largest absolute Gasteiger partial charge is 0.406 e. The third-order valence-electron chi connectivity index (χ3n) is 3.85. The van der Waals surface area contributed by atoms with Crippen LogP contribution in [0, 0.1) is 17.0 Å².